The van der Waals surface area contributed by atoms with Crippen LogP contribution in [-0.2, 0) is 18.4 Å². The molecule has 118 valence electrons. The lowest BCUT2D eigenvalue weighted by atomic mass is 10.4. The summed E-state index contributed by atoms with van der Waals surface area (Å²) in [6.45, 7) is 0.164. The zero-order chi connectivity index (χ0) is 16.1. The maximum absolute atomic E-state index is 12.0. The number of nitrogens with one attached hydrogen (secondary N) is 1. The molecule has 2 amide bonds. The van der Waals surface area contributed by atoms with E-state index in [0.29, 0.717) is 11.6 Å². The van der Waals surface area contributed by atoms with Crippen molar-refractivity contribution in [2.24, 2.45) is 7.05 Å². The summed E-state index contributed by atoms with van der Waals surface area (Å²) in [5.74, 6) is 0.474. The molecule has 2 aromatic rings. The minimum atomic E-state index is -0.346. The van der Waals surface area contributed by atoms with Gasteiger partial charge in [-0.15, -0.1) is 0 Å². The fourth-order valence-corrected chi connectivity index (χ4v) is 1.63. The zero-order valence-electron chi connectivity index (χ0n) is 12.7. The third-order valence-corrected chi connectivity index (χ3v) is 2.92. The molecular formula is C14H18N4O4. The van der Waals surface area contributed by atoms with E-state index in [9.17, 15) is 9.59 Å². The van der Waals surface area contributed by atoms with Crippen LogP contribution in [0.15, 0.2) is 28.9 Å². The first-order valence-corrected chi connectivity index (χ1v) is 6.65. The van der Waals surface area contributed by atoms with Gasteiger partial charge in [0.15, 0.2) is 12.3 Å². The highest BCUT2D eigenvalue weighted by Gasteiger charge is 2.15. The first-order valence-electron chi connectivity index (χ1n) is 6.65. The maximum Gasteiger partial charge on any atom is 0.272 e. The minimum Gasteiger partial charge on any atom is -0.468 e. The number of aryl methyl sites for hydroxylation is 1. The van der Waals surface area contributed by atoms with E-state index in [0.717, 1.165) is 0 Å². The zero-order valence-corrected chi connectivity index (χ0v) is 12.7. The van der Waals surface area contributed by atoms with Gasteiger partial charge >= 0.3 is 0 Å². The normalized spacial score (nSPS) is 10.3. The van der Waals surface area contributed by atoms with Gasteiger partial charge in [-0.25, -0.2) is 4.68 Å². The first-order chi connectivity index (χ1) is 10.5. The Balaban J connectivity index is 1.93. The lowest BCUT2D eigenvalue weighted by molar-refractivity contribution is -0.130. The molecule has 8 nitrogen and oxygen atoms in total. The second kappa shape index (κ2) is 6.79. The van der Waals surface area contributed by atoms with Gasteiger partial charge in [0.2, 0.25) is 5.88 Å². The molecule has 2 heterocycles. The molecule has 0 fully saturated rings. The van der Waals surface area contributed by atoms with Gasteiger partial charge < -0.3 is 19.4 Å². The Morgan fingerprint density at radius 3 is 2.86 bits per heavy atom. The molecule has 8 heteroatoms. The SMILES string of the molecule is CN(C)C(=O)COc1cc(C(=O)NCc2ccco2)nn1C. The van der Waals surface area contributed by atoms with Crippen LogP contribution in [0.3, 0.4) is 0 Å². The van der Waals surface area contributed by atoms with Gasteiger partial charge in [0, 0.05) is 27.2 Å². The van der Waals surface area contributed by atoms with Crippen molar-refractivity contribution in [1.29, 1.82) is 0 Å². The molecular weight excluding hydrogens is 288 g/mol. The summed E-state index contributed by atoms with van der Waals surface area (Å²) < 4.78 is 11.9. The number of rotatable bonds is 6. The van der Waals surface area contributed by atoms with E-state index in [1.165, 1.54) is 21.9 Å². The highest BCUT2D eigenvalue weighted by molar-refractivity contribution is 5.92. The monoisotopic (exact) mass is 306 g/mol. The highest BCUT2D eigenvalue weighted by atomic mass is 16.5. The lowest BCUT2D eigenvalue weighted by Gasteiger charge is -2.10. The first kappa shape index (κ1) is 15.6. The van der Waals surface area contributed by atoms with Gasteiger partial charge in [0.05, 0.1) is 12.8 Å². The van der Waals surface area contributed by atoms with Crippen LogP contribution < -0.4 is 10.1 Å². The Bertz CT molecular complexity index is 646. The average Bonchev–Trinajstić information content (AvgIpc) is 3.11. The van der Waals surface area contributed by atoms with Crippen LogP contribution in [0.4, 0.5) is 0 Å². The van der Waals surface area contributed by atoms with E-state index in [2.05, 4.69) is 10.4 Å². The number of carbonyl (C=O) groups is 2. The van der Waals surface area contributed by atoms with E-state index in [1.807, 2.05) is 0 Å². The van der Waals surface area contributed by atoms with Crippen LogP contribution in [0.25, 0.3) is 0 Å². The number of amides is 2. The molecule has 2 rings (SSSR count). The van der Waals surface area contributed by atoms with Crippen molar-refractivity contribution in [3.63, 3.8) is 0 Å². The van der Waals surface area contributed by atoms with Gasteiger partial charge in [0.1, 0.15) is 5.76 Å². The fraction of sp³-hybridized carbons (Fsp3) is 0.357. The third-order valence-electron chi connectivity index (χ3n) is 2.92. The maximum atomic E-state index is 12.0. The quantitative estimate of drug-likeness (QED) is 0.835. The summed E-state index contributed by atoms with van der Waals surface area (Å²) in [6.07, 6.45) is 1.54. The summed E-state index contributed by atoms with van der Waals surface area (Å²) in [4.78, 5) is 24.9. The van der Waals surface area contributed by atoms with Crippen molar-refractivity contribution in [2.75, 3.05) is 20.7 Å². The summed E-state index contributed by atoms with van der Waals surface area (Å²) in [7, 11) is 4.92. The standard InChI is InChI=1S/C14H18N4O4/c1-17(2)12(19)9-22-13-7-11(16-18(13)3)14(20)15-8-10-5-4-6-21-10/h4-7H,8-9H2,1-3H3,(H,15,20). The number of ether oxygens (including phenoxy) is 1. The van der Waals surface area contributed by atoms with Crippen LogP contribution in [0.1, 0.15) is 16.2 Å². The Labute approximate surface area is 127 Å². The molecule has 0 atom stereocenters. The smallest absolute Gasteiger partial charge is 0.272 e. The van der Waals surface area contributed by atoms with Crippen molar-refractivity contribution in [3.05, 3.63) is 35.9 Å². The topological polar surface area (TPSA) is 89.6 Å². The summed E-state index contributed by atoms with van der Waals surface area (Å²) in [6, 6.07) is 5.00. The van der Waals surface area contributed by atoms with E-state index < -0.39 is 0 Å². The fourth-order valence-electron chi connectivity index (χ4n) is 1.63. The van der Waals surface area contributed by atoms with Crippen molar-refractivity contribution >= 4 is 11.8 Å². The van der Waals surface area contributed by atoms with Crippen LogP contribution >= 0.6 is 0 Å². The largest absolute Gasteiger partial charge is 0.468 e. The Morgan fingerprint density at radius 2 is 2.23 bits per heavy atom. The number of likely N-dealkylation sites (N-methyl/N-ethyl adjacent to an activating group) is 1. The van der Waals surface area contributed by atoms with Crippen molar-refractivity contribution in [2.45, 2.75) is 6.54 Å². The van der Waals surface area contributed by atoms with Crippen LogP contribution in [0.5, 0.6) is 5.88 Å². The van der Waals surface area contributed by atoms with Crippen LogP contribution in [0, 0.1) is 0 Å². The molecule has 2 aromatic heterocycles. The number of nitrogens with zero attached hydrogens (tertiary/aromatic N) is 3. The molecule has 1 N–H and O–H groups in total. The molecule has 0 aromatic carbocycles. The molecule has 0 unspecified atom stereocenters. The number of hydrogen-bond acceptors (Lipinski definition) is 5. The molecule has 0 aliphatic heterocycles. The minimum absolute atomic E-state index is 0.111. The molecule has 0 spiro atoms. The number of carbonyl (C=O) groups excluding carboxylic acids is 2. The van der Waals surface area contributed by atoms with Crippen molar-refractivity contribution in [1.82, 2.24) is 20.0 Å². The van der Waals surface area contributed by atoms with Gasteiger partial charge in [0.25, 0.3) is 11.8 Å². The van der Waals surface area contributed by atoms with Gasteiger partial charge in [-0.1, -0.05) is 0 Å². The Kier molecular flexibility index (Phi) is 4.82. The Morgan fingerprint density at radius 1 is 1.45 bits per heavy atom. The van der Waals surface area contributed by atoms with Gasteiger partial charge in [-0.2, -0.15) is 5.10 Å². The predicted molar refractivity (Wildman–Crippen MR) is 77.3 cm³/mol. The summed E-state index contributed by atoms with van der Waals surface area (Å²) >= 11 is 0. The number of aromatic nitrogens is 2. The van der Waals surface area contributed by atoms with E-state index in [-0.39, 0.29) is 30.7 Å². The Hall–Kier alpha value is -2.77. The second-order valence-corrected chi connectivity index (χ2v) is 4.83. The van der Waals surface area contributed by atoms with E-state index in [1.54, 1.807) is 33.3 Å². The summed E-state index contributed by atoms with van der Waals surface area (Å²) in [5, 5.41) is 6.74. The molecule has 0 aliphatic carbocycles. The molecule has 0 saturated carbocycles. The van der Waals surface area contributed by atoms with Gasteiger partial charge in [-0.05, 0) is 12.1 Å². The molecule has 0 aliphatic rings. The summed E-state index contributed by atoms with van der Waals surface area (Å²) in [5.41, 5.74) is 0.210. The van der Waals surface area contributed by atoms with Crippen LogP contribution in [-0.4, -0.2) is 47.2 Å². The lowest BCUT2D eigenvalue weighted by Crippen LogP contribution is -2.27. The molecule has 22 heavy (non-hydrogen) atoms. The molecule has 0 bridgehead atoms. The van der Waals surface area contributed by atoms with Crippen LogP contribution in [0.2, 0.25) is 0 Å². The molecule has 0 saturated heterocycles. The average molecular weight is 306 g/mol. The van der Waals surface area contributed by atoms with E-state index >= 15 is 0 Å². The van der Waals surface area contributed by atoms with E-state index in [4.69, 9.17) is 9.15 Å². The highest BCUT2D eigenvalue weighted by Crippen LogP contribution is 2.12. The van der Waals surface area contributed by atoms with Gasteiger partial charge in [-0.3, -0.25) is 9.59 Å². The number of furan rings is 1. The van der Waals surface area contributed by atoms with Crippen molar-refractivity contribution in [3.8, 4) is 5.88 Å². The second-order valence-electron chi connectivity index (χ2n) is 4.83. The van der Waals surface area contributed by atoms with Crippen molar-refractivity contribution < 1.29 is 18.7 Å². The predicted octanol–water partition coefficient (Wildman–Crippen LogP) is 0.410. The third kappa shape index (κ3) is 3.87. The number of hydrogen-bond donors (Lipinski definition) is 1. The molecule has 0 radical (unpaired) electrons.